The van der Waals surface area contributed by atoms with Gasteiger partial charge < -0.3 is 0 Å². The zero-order valence-electron chi connectivity index (χ0n) is 15.9. The number of aromatic nitrogens is 2. The molecule has 0 bridgehead atoms. The summed E-state index contributed by atoms with van der Waals surface area (Å²) in [6.07, 6.45) is 1.24. The van der Waals surface area contributed by atoms with Crippen molar-refractivity contribution >= 4 is 60.5 Å². The van der Waals surface area contributed by atoms with Gasteiger partial charge in [0.25, 0.3) is 15.0 Å². The molecule has 4 rings (SSSR count). The van der Waals surface area contributed by atoms with Gasteiger partial charge in [-0.2, -0.15) is 5.26 Å². The molecule has 2 aromatic carbocycles. The molecule has 0 unspecified atom stereocenters. The molecule has 0 N–H and O–H groups in total. The minimum atomic E-state index is -4.21. The third kappa shape index (κ3) is 3.68. The fourth-order valence-electron chi connectivity index (χ4n) is 3.70. The van der Waals surface area contributed by atoms with Gasteiger partial charge in [-0.3, -0.25) is 9.36 Å². The van der Waals surface area contributed by atoms with Crippen LogP contribution in [-0.4, -0.2) is 23.9 Å². The van der Waals surface area contributed by atoms with Gasteiger partial charge in [-0.05, 0) is 42.8 Å². The Kier molecular flexibility index (Phi) is 5.26. The van der Waals surface area contributed by atoms with Gasteiger partial charge in [0.1, 0.15) is 5.54 Å². The maximum absolute atomic E-state index is 13.7. The first kappa shape index (κ1) is 21.7. The van der Waals surface area contributed by atoms with Crippen molar-refractivity contribution in [2.75, 3.05) is 4.90 Å². The predicted octanol–water partition coefficient (Wildman–Crippen LogP) is 4.63. The fraction of sp³-hybridized carbons (Fsp3) is 0.150. The Balaban J connectivity index is 1.91. The standard InChI is InChI=1S/C20H13Cl3N4O3S/c1-20(9-12-2-4-13(10-24)5-3-12)18(28)26(16-7-14(21)6-15(22)8-16)19-25-11-17(27(19)20)31(23,29)30/h2-8,11H,9H2,1H3/t20-/m1/s1. The molecular weight excluding hydrogens is 483 g/mol. The summed E-state index contributed by atoms with van der Waals surface area (Å²) in [5.41, 5.74) is 0.163. The molecule has 11 heteroatoms. The first-order valence-corrected chi connectivity index (χ1v) is 11.9. The number of halogens is 3. The zero-order valence-corrected chi connectivity index (χ0v) is 19.0. The van der Waals surface area contributed by atoms with Gasteiger partial charge in [0.05, 0.1) is 23.5 Å². The van der Waals surface area contributed by atoms with E-state index in [1.54, 1.807) is 31.2 Å². The Labute approximate surface area is 192 Å². The molecule has 1 atom stereocenters. The number of fused-ring (bicyclic) bond motifs is 1. The van der Waals surface area contributed by atoms with Crippen molar-refractivity contribution in [2.45, 2.75) is 23.9 Å². The van der Waals surface area contributed by atoms with Gasteiger partial charge in [-0.15, -0.1) is 0 Å². The van der Waals surface area contributed by atoms with E-state index in [4.69, 9.17) is 39.1 Å². The lowest BCUT2D eigenvalue weighted by Crippen LogP contribution is -2.41. The molecule has 0 aliphatic carbocycles. The van der Waals surface area contributed by atoms with E-state index < -0.39 is 20.5 Å². The molecular formula is C20H13Cl3N4O3S. The van der Waals surface area contributed by atoms with Crippen molar-refractivity contribution in [3.8, 4) is 6.07 Å². The summed E-state index contributed by atoms with van der Waals surface area (Å²) in [6.45, 7) is 1.61. The highest BCUT2D eigenvalue weighted by atomic mass is 35.7. The smallest absolute Gasteiger partial charge is 0.278 e. The second-order valence-corrected chi connectivity index (χ2v) is 10.6. The van der Waals surface area contributed by atoms with Crippen molar-refractivity contribution in [1.29, 1.82) is 5.26 Å². The number of amides is 1. The Hall–Kier alpha value is -2.57. The molecule has 1 aliphatic heterocycles. The van der Waals surface area contributed by atoms with E-state index in [2.05, 4.69) is 4.98 Å². The van der Waals surface area contributed by atoms with Crippen molar-refractivity contribution < 1.29 is 13.2 Å². The highest BCUT2D eigenvalue weighted by Crippen LogP contribution is 2.44. The number of carbonyl (C=O) groups is 1. The number of benzene rings is 2. The van der Waals surface area contributed by atoms with E-state index in [-0.39, 0.29) is 17.4 Å². The van der Waals surface area contributed by atoms with Crippen LogP contribution in [0.15, 0.2) is 53.7 Å². The maximum Gasteiger partial charge on any atom is 0.278 e. The third-order valence-electron chi connectivity index (χ3n) is 5.05. The number of anilines is 2. The maximum atomic E-state index is 13.7. The second-order valence-electron chi connectivity index (χ2n) is 7.20. The summed E-state index contributed by atoms with van der Waals surface area (Å²) < 4.78 is 25.8. The molecule has 0 radical (unpaired) electrons. The molecule has 1 aromatic heterocycles. The number of nitriles is 1. The number of carbonyl (C=O) groups excluding carboxylic acids is 1. The fourth-order valence-corrected chi connectivity index (χ4v) is 5.22. The minimum absolute atomic E-state index is 0.0821. The molecule has 0 spiro atoms. The van der Waals surface area contributed by atoms with E-state index in [0.29, 0.717) is 21.3 Å². The second kappa shape index (κ2) is 7.53. The average Bonchev–Trinajstić information content (AvgIpc) is 3.21. The van der Waals surface area contributed by atoms with Crippen LogP contribution >= 0.6 is 33.9 Å². The topological polar surface area (TPSA) is 96.1 Å². The van der Waals surface area contributed by atoms with E-state index in [9.17, 15) is 13.2 Å². The quantitative estimate of drug-likeness (QED) is 0.492. The van der Waals surface area contributed by atoms with Gasteiger partial charge in [0.2, 0.25) is 5.95 Å². The molecule has 0 fully saturated rings. The summed E-state index contributed by atoms with van der Waals surface area (Å²) in [5, 5.41) is 9.32. The van der Waals surface area contributed by atoms with Gasteiger partial charge >= 0.3 is 0 Å². The lowest BCUT2D eigenvalue weighted by Gasteiger charge is -2.26. The molecule has 0 saturated carbocycles. The first-order chi connectivity index (χ1) is 14.5. The highest BCUT2D eigenvalue weighted by molar-refractivity contribution is 8.13. The predicted molar refractivity (Wildman–Crippen MR) is 117 cm³/mol. The molecule has 1 amide bonds. The van der Waals surface area contributed by atoms with Crippen LogP contribution in [-0.2, 0) is 25.8 Å². The number of nitrogens with zero attached hydrogens (tertiary/aromatic N) is 4. The Bertz CT molecular complexity index is 1340. The Morgan fingerprint density at radius 1 is 1.13 bits per heavy atom. The summed E-state index contributed by atoms with van der Waals surface area (Å²) >= 11 is 12.2. The molecule has 3 aromatic rings. The van der Waals surface area contributed by atoms with Crippen LogP contribution in [0.4, 0.5) is 11.6 Å². The number of rotatable bonds is 4. The number of imidazole rings is 1. The monoisotopic (exact) mass is 494 g/mol. The number of hydrogen-bond donors (Lipinski definition) is 0. The molecule has 2 heterocycles. The lowest BCUT2D eigenvalue weighted by atomic mass is 9.91. The van der Waals surface area contributed by atoms with E-state index in [1.807, 2.05) is 6.07 Å². The zero-order chi connectivity index (χ0) is 22.6. The van der Waals surface area contributed by atoms with Crippen molar-refractivity contribution in [1.82, 2.24) is 9.55 Å². The summed E-state index contributed by atoms with van der Waals surface area (Å²) in [6, 6.07) is 13.3. The van der Waals surface area contributed by atoms with E-state index >= 15 is 0 Å². The van der Waals surface area contributed by atoms with Crippen LogP contribution in [0, 0.1) is 11.3 Å². The van der Waals surface area contributed by atoms with Crippen LogP contribution in [0.25, 0.3) is 0 Å². The molecule has 0 saturated heterocycles. The van der Waals surface area contributed by atoms with Crippen molar-refractivity contribution in [2.24, 2.45) is 0 Å². The lowest BCUT2D eigenvalue weighted by molar-refractivity contribution is -0.124. The summed E-state index contributed by atoms with van der Waals surface area (Å²) in [4.78, 5) is 19.1. The van der Waals surface area contributed by atoms with Gasteiger partial charge in [-0.1, -0.05) is 35.3 Å². The van der Waals surface area contributed by atoms with E-state index in [1.165, 1.54) is 27.7 Å². The Morgan fingerprint density at radius 3 is 2.29 bits per heavy atom. The summed E-state index contributed by atoms with van der Waals surface area (Å²) in [5.74, 6) is -0.349. The highest BCUT2D eigenvalue weighted by Gasteiger charge is 2.51. The van der Waals surface area contributed by atoms with Gasteiger partial charge in [-0.25, -0.2) is 18.3 Å². The molecule has 31 heavy (non-hydrogen) atoms. The molecule has 7 nitrogen and oxygen atoms in total. The normalized spacial score (nSPS) is 18.2. The van der Waals surface area contributed by atoms with Crippen molar-refractivity contribution in [3.05, 3.63) is 69.8 Å². The Morgan fingerprint density at radius 2 is 1.74 bits per heavy atom. The molecule has 158 valence electrons. The van der Waals surface area contributed by atoms with Crippen LogP contribution in [0.3, 0.4) is 0 Å². The van der Waals surface area contributed by atoms with E-state index in [0.717, 1.165) is 11.8 Å². The average molecular weight is 496 g/mol. The third-order valence-corrected chi connectivity index (χ3v) is 6.75. The first-order valence-electron chi connectivity index (χ1n) is 8.87. The van der Waals surface area contributed by atoms with Gasteiger partial charge in [0, 0.05) is 27.1 Å². The molecule has 1 aliphatic rings. The van der Waals surface area contributed by atoms with Crippen LogP contribution < -0.4 is 4.90 Å². The summed E-state index contributed by atoms with van der Waals surface area (Å²) in [7, 11) is 1.44. The van der Waals surface area contributed by atoms with Gasteiger partial charge in [0.15, 0.2) is 5.03 Å². The minimum Gasteiger partial charge on any atom is -0.284 e. The van der Waals surface area contributed by atoms with Crippen LogP contribution in [0.5, 0.6) is 0 Å². The number of hydrogen-bond acceptors (Lipinski definition) is 5. The largest absolute Gasteiger partial charge is 0.284 e. The van der Waals surface area contributed by atoms with Crippen LogP contribution in [0.1, 0.15) is 18.1 Å². The van der Waals surface area contributed by atoms with Crippen molar-refractivity contribution in [3.63, 3.8) is 0 Å². The van der Waals surface area contributed by atoms with Crippen LogP contribution in [0.2, 0.25) is 10.0 Å². The SMILES string of the molecule is C[C@@]1(Cc2ccc(C#N)cc2)C(=O)N(c2cc(Cl)cc(Cl)c2)c2ncc(S(=O)(=O)Cl)n21.